The van der Waals surface area contributed by atoms with Gasteiger partial charge < -0.3 is 0 Å². The zero-order chi connectivity index (χ0) is 19.8. The number of nitro benzene ring substituents is 1. The first-order chi connectivity index (χ1) is 12.6. The molecule has 144 valence electrons. The van der Waals surface area contributed by atoms with Crippen molar-refractivity contribution in [2.24, 2.45) is 0 Å². The smallest absolute Gasteiger partial charge is 0.279 e. The fourth-order valence-electron chi connectivity index (χ4n) is 3.02. The van der Waals surface area contributed by atoms with E-state index in [1.807, 2.05) is 0 Å². The van der Waals surface area contributed by atoms with Crippen LogP contribution in [-0.4, -0.2) is 34.6 Å². The highest BCUT2D eigenvalue weighted by Crippen LogP contribution is 2.32. The van der Waals surface area contributed by atoms with Gasteiger partial charge in [0.15, 0.2) is 4.90 Å². The van der Waals surface area contributed by atoms with Gasteiger partial charge in [0, 0.05) is 18.3 Å². The number of sulfonamides is 2. The van der Waals surface area contributed by atoms with E-state index in [0.717, 1.165) is 18.4 Å². The summed E-state index contributed by atoms with van der Waals surface area (Å²) in [5, 5.41) is 11.1. The molecule has 0 atom stereocenters. The number of rotatable bonds is 5. The van der Waals surface area contributed by atoms with Crippen molar-refractivity contribution < 1.29 is 21.8 Å². The molecule has 0 aliphatic carbocycles. The SMILES string of the molecule is CS(=O)(=O)N1CCCc2cc(NS(=O)(=O)c3ccccc3[N+](=O)[O-])ccc21. The fourth-order valence-corrected chi connectivity index (χ4v) is 5.23. The van der Waals surface area contributed by atoms with Crippen molar-refractivity contribution in [1.29, 1.82) is 0 Å². The summed E-state index contributed by atoms with van der Waals surface area (Å²) in [5.41, 5.74) is 0.889. The summed E-state index contributed by atoms with van der Waals surface area (Å²) in [6.45, 7) is 0.368. The number of anilines is 2. The molecule has 0 aromatic heterocycles. The van der Waals surface area contributed by atoms with Gasteiger partial charge in [-0.1, -0.05) is 12.1 Å². The quantitative estimate of drug-likeness (QED) is 0.593. The third kappa shape index (κ3) is 3.88. The number of aryl methyl sites for hydroxylation is 1. The van der Waals surface area contributed by atoms with E-state index < -0.39 is 35.6 Å². The van der Waals surface area contributed by atoms with Crippen LogP contribution in [0.25, 0.3) is 0 Å². The average Bonchev–Trinajstić information content (AvgIpc) is 2.60. The summed E-state index contributed by atoms with van der Waals surface area (Å²) in [6, 6.07) is 9.59. The normalized spacial score (nSPS) is 14.5. The third-order valence-corrected chi connectivity index (χ3v) is 6.77. The lowest BCUT2D eigenvalue weighted by molar-refractivity contribution is -0.387. The predicted octanol–water partition coefficient (Wildman–Crippen LogP) is 2.11. The standard InChI is InChI=1S/C16H17N3O6S2/c1-26(22,23)18-10-4-5-12-11-13(8-9-14(12)18)17-27(24,25)16-7-3-2-6-15(16)19(20)21/h2-3,6-9,11,17H,4-5,10H2,1H3. The highest BCUT2D eigenvalue weighted by molar-refractivity contribution is 7.93. The maximum absolute atomic E-state index is 12.6. The van der Waals surface area contributed by atoms with Crippen LogP contribution >= 0.6 is 0 Å². The minimum Gasteiger partial charge on any atom is -0.279 e. The highest BCUT2D eigenvalue weighted by Gasteiger charge is 2.27. The van der Waals surface area contributed by atoms with Gasteiger partial charge >= 0.3 is 0 Å². The molecule has 11 heteroatoms. The molecule has 1 heterocycles. The van der Waals surface area contributed by atoms with Gasteiger partial charge in [-0.15, -0.1) is 0 Å². The second-order valence-corrected chi connectivity index (χ2v) is 9.67. The number of fused-ring (bicyclic) bond motifs is 1. The van der Waals surface area contributed by atoms with Gasteiger partial charge in [-0.05, 0) is 42.7 Å². The number of nitrogens with one attached hydrogen (secondary N) is 1. The van der Waals surface area contributed by atoms with Crippen molar-refractivity contribution in [3.63, 3.8) is 0 Å². The molecule has 0 bridgehead atoms. The van der Waals surface area contributed by atoms with E-state index >= 15 is 0 Å². The number of para-hydroxylation sites is 1. The van der Waals surface area contributed by atoms with Crippen LogP contribution < -0.4 is 9.03 Å². The third-order valence-electron chi connectivity index (χ3n) is 4.16. The van der Waals surface area contributed by atoms with Gasteiger partial charge in [0.25, 0.3) is 15.7 Å². The van der Waals surface area contributed by atoms with Gasteiger partial charge in [-0.2, -0.15) is 0 Å². The van der Waals surface area contributed by atoms with Crippen molar-refractivity contribution in [2.75, 3.05) is 21.8 Å². The Bertz CT molecular complexity index is 1110. The van der Waals surface area contributed by atoms with Crippen molar-refractivity contribution in [2.45, 2.75) is 17.7 Å². The fraction of sp³-hybridized carbons (Fsp3) is 0.250. The van der Waals surface area contributed by atoms with E-state index in [1.165, 1.54) is 28.6 Å². The summed E-state index contributed by atoms with van der Waals surface area (Å²) in [7, 11) is -7.61. The maximum Gasteiger partial charge on any atom is 0.289 e. The lowest BCUT2D eigenvalue weighted by Gasteiger charge is -2.29. The Labute approximate surface area is 156 Å². The Morgan fingerprint density at radius 2 is 1.81 bits per heavy atom. The van der Waals surface area contributed by atoms with Crippen LogP contribution in [0.15, 0.2) is 47.4 Å². The molecule has 2 aromatic rings. The summed E-state index contributed by atoms with van der Waals surface area (Å²) in [4.78, 5) is 9.90. The number of hydrogen-bond acceptors (Lipinski definition) is 6. The van der Waals surface area contributed by atoms with E-state index in [9.17, 15) is 26.9 Å². The van der Waals surface area contributed by atoms with Gasteiger partial charge in [-0.3, -0.25) is 19.1 Å². The molecule has 2 aromatic carbocycles. The number of nitrogens with zero attached hydrogens (tertiary/aromatic N) is 2. The lowest BCUT2D eigenvalue weighted by atomic mass is 10.0. The van der Waals surface area contributed by atoms with E-state index in [0.29, 0.717) is 30.6 Å². The molecular formula is C16H17N3O6S2. The Morgan fingerprint density at radius 1 is 1.11 bits per heavy atom. The second kappa shape index (κ2) is 6.82. The largest absolute Gasteiger partial charge is 0.289 e. The lowest BCUT2D eigenvalue weighted by Crippen LogP contribution is -2.34. The van der Waals surface area contributed by atoms with Crippen LogP contribution in [-0.2, 0) is 26.5 Å². The number of nitro groups is 1. The molecule has 0 saturated heterocycles. The van der Waals surface area contributed by atoms with Crippen LogP contribution in [0, 0.1) is 10.1 Å². The molecule has 3 rings (SSSR count). The molecule has 0 radical (unpaired) electrons. The predicted molar refractivity (Wildman–Crippen MR) is 101 cm³/mol. The molecule has 0 fully saturated rings. The number of hydrogen-bond donors (Lipinski definition) is 1. The first kappa shape index (κ1) is 19.1. The van der Waals surface area contributed by atoms with Gasteiger partial charge in [0.2, 0.25) is 10.0 Å². The first-order valence-corrected chi connectivity index (χ1v) is 11.3. The van der Waals surface area contributed by atoms with Crippen LogP contribution in [0.1, 0.15) is 12.0 Å². The molecule has 1 N–H and O–H groups in total. The van der Waals surface area contributed by atoms with Gasteiger partial charge in [0.05, 0.1) is 16.9 Å². The van der Waals surface area contributed by atoms with E-state index in [1.54, 1.807) is 6.07 Å². The molecule has 1 aliphatic rings. The number of benzene rings is 2. The van der Waals surface area contributed by atoms with Crippen LogP contribution in [0.3, 0.4) is 0 Å². The Balaban J connectivity index is 1.97. The van der Waals surface area contributed by atoms with E-state index in [4.69, 9.17) is 0 Å². The molecule has 0 saturated carbocycles. The summed E-state index contributed by atoms with van der Waals surface area (Å²) < 4.78 is 52.6. The van der Waals surface area contributed by atoms with Crippen LogP contribution in [0.4, 0.5) is 17.1 Å². The zero-order valence-corrected chi connectivity index (χ0v) is 16.0. The molecule has 0 spiro atoms. The van der Waals surface area contributed by atoms with Crippen molar-refractivity contribution >= 4 is 37.1 Å². The first-order valence-electron chi connectivity index (χ1n) is 7.96. The summed E-state index contributed by atoms with van der Waals surface area (Å²) in [6.07, 6.45) is 2.33. The molecule has 9 nitrogen and oxygen atoms in total. The highest BCUT2D eigenvalue weighted by atomic mass is 32.2. The molecule has 1 aliphatic heterocycles. The van der Waals surface area contributed by atoms with E-state index in [2.05, 4.69) is 4.72 Å². The Kier molecular flexibility index (Phi) is 4.82. The molecule has 0 amide bonds. The summed E-state index contributed by atoms with van der Waals surface area (Å²) >= 11 is 0. The second-order valence-electron chi connectivity index (χ2n) is 6.11. The van der Waals surface area contributed by atoms with Crippen molar-refractivity contribution in [3.05, 3.63) is 58.1 Å². The van der Waals surface area contributed by atoms with Crippen molar-refractivity contribution in [1.82, 2.24) is 0 Å². The van der Waals surface area contributed by atoms with Crippen LogP contribution in [0.5, 0.6) is 0 Å². The maximum atomic E-state index is 12.6. The Hall–Kier alpha value is -2.66. The van der Waals surface area contributed by atoms with Crippen molar-refractivity contribution in [3.8, 4) is 0 Å². The zero-order valence-electron chi connectivity index (χ0n) is 14.3. The average molecular weight is 411 g/mol. The molecular weight excluding hydrogens is 394 g/mol. The Morgan fingerprint density at radius 3 is 2.48 bits per heavy atom. The topological polar surface area (TPSA) is 127 Å². The monoisotopic (exact) mass is 411 g/mol. The minimum absolute atomic E-state index is 0.210. The minimum atomic E-state index is -4.18. The molecule has 0 unspecified atom stereocenters. The summed E-state index contributed by atoms with van der Waals surface area (Å²) in [5.74, 6) is 0. The van der Waals surface area contributed by atoms with Crippen LogP contribution in [0.2, 0.25) is 0 Å². The van der Waals surface area contributed by atoms with E-state index in [-0.39, 0.29) is 5.69 Å². The van der Waals surface area contributed by atoms with Gasteiger partial charge in [-0.25, -0.2) is 16.8 Å². The van der Waals surface area contributed by atoms with Gasteiger partial charge in [0.1, 0.15) is 0 Å². The molecule has 27 heavy (non-hydrogen) atoms.